The summed E-state index contributed by atoms with van der Waals surface area (Å²) in [4.78, 5) is 19.0. The zero-order chi connectivity index (χ0) is 26.2. The largest absolute Gasteiger partial charge is 0.274 e. The van der Waals surface area contributed by atoms with Crippen LogP contribution in [0.2, 0.25) is 0 Å². The molecule has 0 aliphatic heterocycles. The van der Waals surface area contributed by atoms with Crippen molar-refractivity contribution in [2.75, 3.05) is 0 Å². The molecule has 0 N–H and O–H groups in total. The number of rotatable bonds is 0. The van der Waals surface area contributed by atoms with Gasteiger partial charge < -0.3 is 0 Å². The zero-order valence-electron chi connectivity index (χ0n) is 21.3. The van der Waals surface area contributed by atoms with Crippen LogP contribution in [-0.4, -0.2) is 9.38 Å². The van der Waals surface area contributed by atoms with Gasteiger partial charge in [0.1, 0.15) is 0 Å². The van der Waals surface area contributed by atoms with E-state index in [9.17, 15) is 4.79 Å². The van der Waals surface area contributed by atoms with Crippen molar-refractivity contribution >= 4 is 38.0 Å². The minimum Gasteiger partial charge on any atom is -0.274 e. The van der Waals surface area contributed by atoms with Gasteiger partial charge in [-0.2, -0.15) is 0 Å². The van der Waals surface area contributed by atoms with Crippen LogP contribution in [0.15, 0.2) is 126 Å². The van der Waals surface area contributed by atoms with Gasteiger partial charge in [0.15, 0.2) is 0 Å². The summed E-state index contributed by atoms with van der Waals surface area (Å²) in [6.45, 7) is 0. The Hall–Kier alpha value is -5.28. The number of hydrogen-bond donors (Lipinski definition) is 0. The molecule has 5 aromatic carbocycles. The quantitative estimate of drug-likeness (QED) is 0.195. The van der Waals surface area contributed by atoms with E-state index in [1.165, 1.54) is 38.9 Å². The maximum Gasteiger partial charge on any atom is 0.263 e. The summed E-state index contributed by atoms with van der Waals surface area (Å²) in [5.74, 6) is 0. The van der Waals surface area contributed by atoms with Crippen LogP contribution >= 0.6 is 0 Å². The summed E-state index contributed by atoms with van der Waals surface area (Å²) < 4.78 is 1.98. The van der Waals surface area contributed by atoms with E-state index < -0.39 is 5.41 Å². The first-order valence-electron chi connectivity index (χ1n) is 13.7. The Morgan fingerprint density at radius 1 is 0.475 bits per heavy atom. The highest BCUT2D eigenvalue weighted by molar-refractivity contribution is 6.22. The lowest BCUT2D eigenvalue weighted by atomic mass is 9.70. The van der Waals surface area contributed by atoms with Gasteiger partial charge >= 0.3 is 0 Å². The van der Waals surface area contributed by atoms with Crippen LogP contribution in [0.4, 0.5) is 0 Å². The van der Waals surface area contributed by atoms with Crippen LogP contribution in [0.5, 0.6) is 0 Å². The monoisotopic (exact) mass is 508 g/mol. The van der Waals surface area contributed by atoms with Gasteiger partial charge in [-0.1, -0.05) is 103 Å². The van der Waals surface area contributed by atoms with Gasteiger partial charge in [0.25, 0.3) is 5.56 Å². The Morgan fingerprint density at radius 3 is 1.73 bits per heavy atom. The molecule has 3 heteroatoms. The molecule has 0 radical (unpaired) electrons. The molecule has 40 heavy (non-hydrogen) atoms. The van der Waals surface area contributed by atoms with E-state index in [1.807, 2.05) is 41.1 Å². The lowest BCUT2D eigenvalue weighted by Crippen LogP contribution is -2.25. The number of nitrogens with zero attached hydrogens (tertiary/aromatic N) is 2. The van der Waals surface area contributed by atoms with E-state index in [1.54, 1.807) is 0 Å². The number of pyridine rings is 2. The van der Waals surface area contributed by atoms with Gasteiger partial charge in [-0.05, 0) is 50.4 Å². The second-order valence-electron chi connectivity index (χ2n) is 11.0. The van der Waals surface area contributed by atoms with Crippen LogP contribution in [-0.2, 0) is 5.41 Å². The van der Waals surface area contributed by atoms with Crippen molar-refractivity contribution in [1.29, 1.82) is 0 Å². The average Bonchev–Trinajstić information content (AvgIpc) is 3.62. The normalized spacial score (nSPS) is 14.3. The van der Waals surface area contributed by atoms with E-state index >= 15 is 0 Å². The van der Waals surface area contributed by atoms with E-state index in [-0.39, 0.29) is 5.56 Å². The number of fused-ring (bicyclic) bond motifs is 16. The molecular formula is C37H20N2O. The predicted molar refractivity (Wildman–Crippen MR) is 161 cm³/mol. The molecule has 0 saturated carbocycles. The molecule has 3 nitrogen and oxygen atoms in total. The van der Waals surface area contributed by atoms with Gasteiger partial charge in [-0.15, -0.1) is 0 Å². The third-order valence-electron chi connectivity index (χ3n) is 9.44. The number of benzene rings is 5. The fraction of sp³-hybridized carbons (Fsp3) is 0.0270. The highest BCUT2D eigenvalue weighted by Gasteiger charge is 2.52. The second kappa shape index (κ2) is 6.83. The van der Waals surface area contributed by atoms with Crippen molar-refractivity contribution in [3.63, 3.8) is 0 Å². The molecule has 0 amide bonds. The summed E-state index contributed by atoms with van der Waals surface area (Å²) in [5, 5.41) is 4.76. The fourth-order valence-corrected chi connectivity index (χ4v) is 8.04. The molecule has 1 spiro atoms. The van der Waals surface area contributed by atoms with Crippen LogP contribution in [0.1, 0.15) is 22.3 Å². The van der Waals surface area contributed by atoms with E-state index in [0.29, 0.717) is 0 Å². The second-order valence-corrected chi connectivity index (χ2v) is 11.0. The van der Waals surface area contributed by atoms with Gasteiger partial charge in [0.05, 0.1) is 16.4 Å². The first kappa shape index (κ1) is 20.7. The van der Waals surface area contributed by atoms with Crippen molar-refractivity contribution < 1.29 is 0 Å². The van der Waals surface area contributed by atoms with Crippen LogP contribution in [0.25, 0.3) is 60.2 Å². The molecule has 0 saturated heterocycles. The smallest absolute Gasteiger partial charge is 0.263 e. The van der Waals surface area contributed by atoms with Gasteiger partial charge in [-0.25, -0.2) is 0 Å². The minimum absolute atomic E-state index is 0.0216. The van der Waals surface area contributed by atoms with Crippen molar-refractivity contribution in [2.45, 2.75) is 5.41 Å². The zero-order valence-corrected chi connectivity index (χ0v) is 21.3. The Balaban J connectivity index is 1.50. The van der Waals surface area contributed by atoms with Crippen molar-refractivity contribution in [2.24, 2.45) is 0 Å². The highest BCUT2D eigenvalue weighted by Crippen LogP contribution is 2.63. The lowest BCUT2D eigenvalue weighted by Gasteiger charge is -2.30. The molecule has 184 valence electrons. The summed E-state index contributed by atoms with van der Waals surface area (Å²) >= 11 is 0. The predicted octanol–water partition coefficient (Wildman–Crippen LogP) is 7.94. The summed E-state index contributed by atoms with van der Waals surface area (Å²) in [7, 11) is 0. The third kappa shape index (κ3) is 2.08. The fourth-order valence-electron chi connectivity index (χ4n) is 8.04. The average molecular weight is 509 g/mol. The molecule has 0 unspecified atom stereocenters. The van der Waals surface area contributed by atoms with Crippen LogP contribution < -0.4 is 5.56 Å². The van der Waals surface area contributed by atoms with Gasteiger partial charge in [0.2, 0.25) is 0 Å². The molecule has 8 aromatic rings. The summed E-state index contributed by atoms with van der Waals surface area (Å²) in [5.41, 5.74) is 11.5. The van der Waals surface area contributed by atoms with Crippen molar-refractivity contribution in [1.82, 2.24) is 9.38 Å². The topological polar surface area (TPSA) is 34.4 Å². The molecule has 0 atom stereocenters. The maximum atomic E-state index is 14.3. The maximum absolute atomic E-state index is 14.3. The third-order valence-corrected chi connectivity index (χ3v) is 9.44. The Kier molecular flexibility index (Phi) is 3.52. The van der Waals surface area contributed by atoms with Crippen molar-refractivity contribution in [3.05, 3.63) is 154 Å². The van der Waals surface area contributed by atoms with Gasteiger partial charge in [0, 0.05) is 39.5 Å². The highest BCUT2D eigenvalue weighted by atomic mass is 16.1. The molecule has 2 aliphatic carbocycles. The molecular weight excluding hydrogens is 488 g/mol. The number of hydrogen-bond acceptors (Lipinski definition) is 2. The molecule has 2 aliphatic rings. The molecule has 3 aromatic heterocycles. The summed E-state index contributed by atoms with van der Waals surface area (Å²) in [6.07, 6.45) is 3.82. The SMILES string of the molecule is O=c1c2ccccc2c2cncc3c4ccc5c(c4n1c23)-c1ccccc1C51c2ccccc2-c2ccccc21. The number of aromatic nitrogens is 2. The van der Waals surface area contributed by atoms with E-state index in [2.05, 4.69) is 89.9 Å². The van der Waals surface area contributed by atoms with Crippen molar-refractivity contribution in [3.8, 4) is 22.3 Å². The summed E-state index contributed by atoms with van der Waals surface area (Å²) in [6, 6.07) is 38.9. The molecule has 0 fully saturated rings. The van der Waals surface area contributed by atoms with E-state index in [4.69, 9.17) is 0 Å². The first-order chi connectivity index (χ1) is 19.8. The lowest BCUT2D eigenvalue weighted by molar-refractivity contribution is 0.794. The molecule has 3 heterocycles. The Morgan fingerprint density at radius 2 is 1.02 bits per heavy atom. The Labute approximate surface area is 228 Å². The van der Waals surface area contributed by atoms with E-state index in [0.717, 1.165) is 43.5 Å². The molecule has 10 rings (SSSR count). The Bertz CT molecular complexity index is 2420. The molecule has 0 bridgehead atoms. The van der Waals surface area contributed by atoms with Crippen LogP contribution in [0.3, 0.4) is 0 Å². The van der Waals surface area contributed by atoms with Crippen LogP contribution in [0, 0.1) is 0 Å². The van der Waals surface area contributed by atoms with Gasteiger partial charge in [-0.3, -0.25) is 14.2 Å². The first-order valence-corrected chi connectivity index (χ1v) is 13.7. The standard InChI is InChI=1S/C37H20N2O/c40-36-25-12-2-1-9-21(25)27-19-38-20-28-24-17-18-32-33(35(24)39(36)34(27)28)26-13-5-8-16-31(26)37(32)29-14-6-3-10-22(29)23-11-4-7-15-30(23)37/h1-20H. The minimum atomic E-state index is -0.444.